The first-order chi connectivity index (χ1) is 9.50. The molecule has 1 aliphatic rings. The van der Waals surface area contributed by atoms with E-state index in [9.17, 15) is 8.42 Å². The Morgan fingerprint density at radius 3 is 2.35 bits per heavy atom. The van der Waals surface area contributed by atoms with Crippen LogP contribution in [0.1, 0.15) is 26.7 Å². The van der Waals surface area contributed by atoms with Gasteiger partial charge < -0.3 is 5.32 Å². The molecule has 1 saturated heterocycles. The van der Waals surface area contributed by atoms with E-state index in [-0.39, 0.29) is 0 Å². The van der Waals surface area contributed by atoms with Gasteiger partial charge in [-0.05, 0) is 37.4 Å². The van der Waals surface area contributed by atoms with E-state index in [1.165, 1.54) is 0 Å². The molecule has 0 bridgehead atoms. The molecule has 5 heteroatoms. The molecule has 0 unspecified atom stereocenters. The predicted molar refractivity (Wildman–Crippen MR) is 81.1 cm³/mol. The number of piperidine rings is 1. The summed E-state index contributed by atoms with van der Waals surface area (Å²) < 4.78 is 26.6. The Morgan fingerprint density at radius 1 is 1.20 bits per heavy atom. The van der Waals surface area contributed by atoms with Gasteiger partial charge in [-0.3, -0.25) is 0 Å². The van der Waals surface area contributed by atoms with E-state index in [1.54, 1.807) is 28.6 Å². The van der Waals surface area contributed by atoms with Crippen LogP contribution in [0.15, 0.2) is 35.2 Å². The molecule has 1 heterocycles. The fraction of sp³-hybridized carbons (Fsp3) is 0.600. The van der Waals surface area contributed by atoms with Gasteiger partial charge in [0.05, 0.1) is 4.90 Å². The Bertz CT molecular complexity index is 506. The predicted octanol–water partition coefficient (Wildman–Crippen LogP) is 2.09. The van der Waals surface area contributed by atoms with Crippen LogP contribution in [0.5, 0.6) is 0 Å². The summed E-state index contributed by atoms with van der Waals surface area (Å²) in [7, 11) is -3.30. The molecule has 0 amide bonds. The van der Waals surface area contributed by atoms with E-state index in [2.05, 4.69) is 19.2 Å². The summed E-state index contributed by atoms with van der Waals surface area (Å²) in [6, 6.07) is 9.20. The molecule has 112 valence electrons. The van der Waals surface area contributed by atoms with Gasteiger partial charge in [-0.15, -0.1) is 0 Å². The standard InChI is InChI=1S/C15H24N2O2S/c1-13(2)16-12-14-8-10-17(11-9-14)20(18,19)15-6-4-3-5-7-15/h3-7,13-14,16H,8-12H2,1-2H3. The second-order valence-corrected chi connectivity index (χ2v) is 7.66. The third kappa shape index (κ3) is 3.81. The first-order valence-corrected chi connectivity index (χ1v) is 8.72. The normalized spacial score (nSPS) is 18.6. The number of hydrogen-bond acceptors (Lipinski definition) is 3. The largest absolute Gasteiger partial charge is 0.314 e. The van der Waals surface area contributed by atoms with E-state index >= 15 is 0 Å². The maximum Gasteiger partial charge on any atom is 0.243 e. The summed E-state index contributed by atoms with van der Waals surface area (Å²) in [6.45, 7) is 6.50. The number of rotatable bonds is 5. The highest BCUT2D eigenvalue weighted by Crippen LogP contribution is 2.23. The van der Waals surface area contributed by atoms with Crippen molar-refractivity contribution in [2.45, 2.75) is 37.6 Å². The van der Waals surface area contributed by atoms with Crippen LogP contribution in [0.3, 0.4) is 0 Å². The molecule has 1 aliphatic heterocycles. The first kappa shape index (κ1) is 15.5. The van der Waals surface area contributed by atoms with Gasteiger partial charge in [-0.2, -0.15) is 4.31 Å². The zero-order valence-electron chi connectivity index (χ0n) is 12.2. The van der Waals surface area contributed by atoms with Crippen molar-refractivity contribution in [1.29, 1.82) is 0 Å². The molecular weight excluding hydrogens is 272 g/mol. The number of nitrogens with zero attached hydrogens (tertiary/aromatic N) is 1. The van der Waals surface area contributed by atoms with Crippen LogP contribution in [0.4, 0.5) is 0 Å². The molecule has 20 heavy (non-hydrogen) atoms. The summed E-state index contributed by atoms with van der Waals surface area (Å²) in [5, 5.41) is 3.43. The SMILES string of the molecule is CC(C)NCC1CCN(S(=O)(=O)c2ccccc2)CC1. The molecule has 4 nitrogen and oxygen atoms in total. The van der Waals surface area contributed by atoms with Gasteiger partial charge in [0, 0.05) is 19.1 Å². The number of sulfonamides is 1. The highest BCUT2D eigenvalue weighted by molar-refractivity contribution is 7.89. The summed E-state index contributed by atoms with van der Waals surface area (Å²) in [5.74, 6) is 0.583. The van der Waals surface area contributed by atoms with Crippen molar-refractivity contribution < 1.29 is 8.42 Å². The minimum Gasteiger partial charge on any atom is -0.314 e. The van der Waals surface area contributed by atoms with E-state index in [0.29, 0.717) is 29.9 Å². The number of nitrogens with one attached hydrogen (secondary N) is 1. The Hall–Kier alpha value is -0.910. The smallest absolute Gasteiger partial charge is 0.243 e. The van der Waals surface area contributed by atoms with Crippen LogP contribution in [0.2, 0.25) is 0 Å². The fourth-order valence-corrected chi connectivity index (χ4v) is 3.99. The fourth-order valence-electron chi connectivity index (χ4n) is 2.50. The zero-order valence-corrected chi connectivity index (χ0v) is 13.1. The molecule has 1 fully saturated rings. The molecule has 0 radical (unpaired) electrons. The molecule has 2 rings (SSSR count). The minimum absolute atomic E-state index is 0.402. The minimum atomic E-state index is -3.30. The van der Waals surface area contributed by atoms with Crippen LogP contribution in [-0.2, 0) is 10.0 Å². The molecule has 0 saturated carbocycles. The highest BCUT2D eigenvalue weighted by atomic mass is 32.2. The lowest BCUT2D eigenvalue weighted by molar-refractivity contribution is 0.264. The highest BCUT2D eigenvalue weighted by Gasteiger charge is 2.28. The lowest BCUT2D eigenvalue weighted by atomic mass is 9.98. The van der Waals surface area contributed by atoms with Crippen LogP contribution < -0.4 is 5.32 Å². The summed E-state index contributed by atoms with van der Waals surface area (Å²) in [4.78, 5) is 0.402. The Balaban J connectivity index is 1.94. The Morgan fingerprint density at radius 2 is 1.80 bits per heavy atom. The van der Waals surface area contributed by atoms with Gasteiger partial charge in [0.2, 0.25) is 10.0 Å². The van der Waals surface area contributed by atoms with Crippen molar-refractivity contribution in [3.8, 4) is 0 Å². The first-order valence-electron chi connectivity index (χ1n) is 7.28. The number of hydrogen-bond donors (Lipinski definition) is 1. The maximum absolute atomic E-state index is 12.5. The summed E-state index contributed by atoms with van der Waals surface area (Å²) in [5.41, 5.74) is 0. The van der Waals surface area contributed by atoms with Gasteiger partial charge in [-0.1, -0.05) is 32.0 Å². The van der Waals surface area contributed by atoms with E-state index in [4.69, 9.17) is 0 Å². The maximum atomic E-state index is 12.5. The monoisotopic (exact) mass is 296 g/mol. The van der Waals surface area contributed by atoms with Crippen LogP contribution in [-0.4, -0.2) is 38.4 Å². The van der Waals surface area contributed by atoms with Crippen molar-refractivity contribution >= 4 is 10.0 Å². The second kappa shape index (κ2) is 6.70. The molecule has 1 N–H and O–H groups in total. The lowest BCUT2D eigenvalue weighted by Crippen LogP contribution is -2.41. The van der Waals surface area contributed by atoms with Crippen LogP contribution >= 0.6 is 0 Å². The summed E-state index contributed by atoms with van der Waals surface area (Å²) >= 11 is 0. The van der Waals surface area contributed by atoms with Crippen molar-refractivity contribution in [1.82, 2.24) is 9.62 Å². The Labute approximate surface area is 122 Å². The number of benzene rings is 1. The topological polar surface area (TPSA) is 49.4 Å². The third-order valence-corrected chi connectivity index (χ3v) is 5.68. The molecule has 0 spiro atoms. The third-order valence-electron chi connectivity index (χ3n) is 3.77. The molecule has 0 atom stereocenters. The zero-order chi connectivity index (χ0) is 14.6. The van der Waals surface area contributed by atoms with E-state index < -0.39 is 10.0 Å². The van der Waals surface area contributed by atoms with Crippen molar-refractivity contribution in [3.05, 3.63) is 30.3 Å². The average molecular weight is 296 g/mol. The van der Waals surface area contributed by atoms with E-state index in [1.807, 2.05) is 6.07 Å². The van der Waals surface area contributed by atoms with Gasteiger partial charge in [0.1, 0.15) is 0 Å². The molecule has 0 aliphatic carbocycles. The Kier molecular flexibility index (Phi) is 5.18. The van der Waals surface area contributed by atoms with Crippen molar-refractivity contribution in [3.63, 3.8) is 0 Å². The van der Waals surface area contributed by atoms with Crippen LogP contribution in [0, 0.1) is 5.92 Å². The summed E-state index contributed by atoms with van der Waals surface area (Å²) in [6.07, 6.45) is 1.87. The quantitative estimate of drug-likeness (QED) is 0.905. The second-order valence-electron chi connectivity index (χ2n) is 5.72. The average Bonchev–Trinajstić information content (AvgIpc) is 2.46. The van der Waals surface area contributed by atoms with Gasteiger partial charge in [0.25, 0.3) is 0 Å². The molecule has 1 aromatic carbocycles. The van der Waals surface area contributed by atoms with Gasteiger partial charge in [0.15, 0.2) is 0 Å². The van der Waals surface area contributed by atoms with Crippen molar-refractivity contribution in [2.24, 2.45) is 5.92 Å². The molecule has 1 aromatic rings. The lowest BCUT2D eigenvalue weighted by Gasteiger charge is -2.31. The van der Waals surface area contributed by atoms with E-state index in [0.717, 1.165) is 19.4 Å². The van der Waals surface area contributed by atoms with Gasteiger partial charge >= 0.3 is 0 Å². The van der Waals surface area contributed by atoms with Crippen LogP contribution in [0.25, 0.3) is 0 Å². The van der Waals surface area contributed by atoms with Gasteiger partial charge in [-0.25, -0.2) is 8.42 Å². The molecular formula is C15H24N2O2S. The molecule has 0 aromatic heterocycles. The van der Waals surface area contributed by atoms with Crippen molar-refractivity contribution in [2.75, 3.05) is 19.6 Å².